The first-order valence-electron chi connectivity index (χ1n) is 10.8. The maximum absolute atomic E-state index is 13.5. The molecule has 0 radical (unpaired) electrons. The molecule has 1 saturated heterocycles. The van der Waals surface area contributed by atoms with E-state index in [1.165, 1.54) is 22.5 Å². The first-order valence-corrected chi connectivity index (χ1v) is 10.8. The van der Waals surface area contributed by atoms with Crippen LogP contribution in [0, 0.1) is 5.82 Å². The molecule has 2 heterocycles. The van der Waals surface area contributed by atoms with Crippen molar-refractivity contribution in [1.29, 1.82) is 0 Å². The molecule has 158 valence electrons. The van der Waals surface area contributed by atoms with E-state index >= 15 is 0 Å². The van der Waals surface area contributed by atoms with Crippen LogP contribution in [0.15, 0.2) is 59.7 Å². The number of para-hydroxylation sites is 1. The average Bonchev–Trinajstić information content (AvgIpc) is 3.19. The minimum Gasteiger partial charge on any atom is -0.371 e. The topological polar surface area (TPSA) is 55.5 Å². The Hall–Kier alpha value is -3.02. The summed E-state index contributed by atoms with van der Waals surface area (Å²) in [6.07, 6.45) is 6.20. The number of aromatic amines is 1. The van der Waals surface area contributed by atoms with Crippen molar-refractivity contribution in [2.24, 2.45) is 4.99 Å². The second-order valence-corrected chi connectivity index (χ2v) is 7.85. The summed E-state index contributed by atoms with van der Waals surface area (Å²) in [5.74, 6) is 0.683. The summed E-state index contributed by atoms with van der Waals surface area (Å²) >= 11 is 0. The maximum Gasteiger partial charge on any atom is 0.191 e. The largest absolute Gasteiger partial charge is 0.371 e. The minimum absolute atomic E-state index is 0.176. The average molecular weight is 408 g/mol. The molecule has 1 aromatic heterocycles. The van der Waals surface area contributed by atoms with Crippen LogP contribution >= 0.6 is 0 Å². The predicted molar refractivity (Wildman–Crippen MR) is 123 cm³/mol. The van der Waals surface area contributed by atoms with Crippen molar-refractivity contribution in [2.45, 2.75) is 31.7 Å². The Morgan fingerprint density at radius 3 is 2.80 bits per heavy atom. The Morgan fingerprint density at radius 1 is 1.17 bits per heavy atom. The van der Waals surface area contributed by atoms with Crippen molar-refractivity contribution in [3.05, 3.63) is 66.1 Å². The third-order valence-electron chi connectivity index (χ3n) is 5.82. The summed E-state index contributed by atoms with van der Waals surface area (Å²) < 4.78 is 13.5. The van der Waals surface area contributed by atoms with E-state index < -0.39 is 0 Å². The predicted octanol–water partition coefficient (Wildman–Crippen LogP) is 4.07. The number of nitrogens with one attached hydrogen (secondary N) is 3. The van der Waals surface area contributed by atoms with E-state index in [0.717, 1.165) is 57.0 Å². The lowest BCUT2D eigenvalue weighted by Crippen LogP contribution is -2.49. The zero-order chi connectivity index (χ0) is 20.8. The van der Waals surface area contributed by atoms with Gasteiger partial charge in [-0.1, -0.05) is 24.3 Å². The van der Waals surface area contributed by atoms with E-state index in [-0.39, 0.29) is 5.82 Å². The molecule has 30 heavy (non-hydrogen) atoms. The molecule has 0 atom stereocenters. The highest BCUT2D eigenvalue weighted by molar-refractivity contribution is 5.83. The van der Waals surface area contributed by atoms with Gasteiger partial charge in [0.25, 0.3) is 0 Å². The van der Waals surface area contributed by atoms with Gasteiger partial charge < -0.3 is 20.5 Å². The molecule has 0 bridgehead atoms. The minimum atomic E-state index is -0.176. The number of benzene rings is 2. The molecule has 1 fully saturated rings. The molecule has 1 aliphatic rings. The summed E-state index contributed by atoms with van der Waals surface area (Å²) in [7, 11) is 1.82. The van der Waals surface area contributed by atoms with Gasteiger partial charge in [-0.3, -0.25) is 4.99 Å². The lowest BCUT2D eigenvalue weighted by atomic mass is 10.0. The van der Waals surface area contributed by atoms with Gasteiger partial charge in [-0.2, -0.15) is 0 Å². The smallest absolute Gasteiger partial charge is 0.191 e. The third kappa shape index (κ3) is 4.93. The first kappa shape index (κ1) is 20.3. The van der Waals surface area contributed by atoms with E-state index in [9.17, 15) is 4.39 Å². The summed E-state index contributed by atoms with van der Waals surface area (Å²) in [6.45, 7) is 2.71. The number of hydrogen-bond donors (Lipinski definition) is 3. The third-order valence-corrected chi connectivity index (χ3v) is 5.82. The molecule has 0 spiro atoms. The molecule has 0 unspecified atom stereocenters. The van der Waals surface area contributed by atoms with Crippen LogP contribution in [0.3, 0.4) is 0 Å². The summed E-state index contributed by atoms with van der Waals surface area (Å²) in [4.78, 5) is 9.97. The number of aryl methyl sites for hydroxylation is 1. The number of fused-ring (bicyclic) bond motifs is 1. The SMILES string of the molecule is CN=C(NCCCc1c[nH]c2ccccc12)NC1CCN(c2cccc(F)c2)CC1. The van der Waals surface area contributed by atoms with E-state index in [0.29, 0.717) is 6.04 Å². The van der Waals surface area contributed by atoms with Crippen LogP contribution in [0.4, 0.5) is 10.1 Å². The van der Waals surface area contributed by atoms with Gasteiger partial charge in [0.1, 0.15) is 5.82 Å². The number of nitrogens with zero attached hydrogens (tertiary/aromatic N) is 2. The highest BCUT2D eigenvalue weighted by Crippen LogP contribution is 2.21. The molecule has 0 aliphatic carbocycles. The van der Waals surface area contributed by atoms with Gasteiger partial charge in [0.2, 0.25) is 0 Å². The molecule has 3 N–H and O–H groups in total. The molecule has 1 aliphatic heterocycles. The Balaban J connectivity index is 1.20. The number of aliphatic imine (C=N–C) groups is 1. The van der Waals surface area contributed by atoms with E-state index in [2.05, 4.69) is 56.0 Å². The second-order valence-electron chi connectivity index (χ2n) is 7.85. The van der Waals surface area contributed by atoms with Crippen molar-refractivity contribution in [1.82, 2.24) is 15.6 Å². The van der Waals surface area contributed by atoms with E-state index in [1.807, 2.05) is 13.1 Å². The lowest BCUT2D eigenvalue weighted by molar-refractivity contribution is 0.461. The Labute approximate surface area is 177 Å². The standard InChI is InChI=1S/C24H30FN5/c1-26-24(27-13-5-6-18-17-28-23-10-3-2-9-22(18)23)29-20-11-14-30(15-12-20)21-8-4-7-19(25)16-21/h2-4,7-10,16-17,20,28H,5-6,11-15H2,1H3,(H2,26,27,29). The van der Waals surface area contributed by atoms with Crippen molar-refractivity contribution >= 4 is 22.5 Å². The van der Waals surface area contributed by atoms with E-state index in [4.69, 9.17) is 0 Å². The zero-order valence-electron chi connectivity index (χ0n) is 17.5. The fourth-order valence-electron chi connectivity index (χ4n) is 4.17. The highest BCUT2D eigenvalue weighted by Gasteiger charge is 2.20. The lowest BCUT2D eigenvalue weighted by Gasteiger charge is -2.34. The molecule has 0 saturated carbocycles. The highest BCUT2D eigenvalue weighted by atomic mass is 19.1. The number of guanidine groups is 1. The molecule has 3 aromatic rings. The van der Waals surface area contributed by atoms with Gasteiger partial charge in [-0.15, -0.1) is 0 Å². The molecule has 4 rings (SSSR count). The van der Waals surface area contributed by atoms with Crippen LogP contribution < -0.4 is 15.5 Å². The molecular weight excluding hydrogens is 377 g/mol. The van der Waals surface area contributed by atoms with E-state index in [1.54, 1.807) is 12.1 Å². The second kappa shape index (κ2) is 9.65. The van der Waals surface area contributed by atoms with Crippen LogP contribution in [0.1, 0.15) is 24.8 Å². The first-order chi connectivity index (χ1) is 14.7. The Morgan fingerprint density at radius 2 is 2.00 bits per heavy atom. The fourth-order valence-corrected chi connectivity index (χ4v) is 4.17. The van der Waals surface area contributed by atoms with Gasteiger partial charge in [0, 0.05) is 55.5 Å². The number of anilines is 1. The normalized spacial score (nSPS) is 15.5. The van der Waals surface area contributed by atoms with Gasteiger partial charge in [0.15, 0.2) is 5.96 Å². The quantitative estimate of drug-likeness (QED) is 0.328. The summed E-state index contributed by atoms with van der Waals surface area (Å²) in [5.41, 5.74) is 3.52. The summed E-state index contributed by atoms with van der Waals surface area (Å²) in [6, 6.07) is 15.7. The van der Waals surface area contributed by atoms with Crippen molar-refractivity contribution in [2.75, 3.05) is 31.6 Å². The van der Waals surface area contributed by atoms with Gasteiger partial charge in [-0.05, 0) is 55.5 Å². The molecule has 5 nitrogen and oxygen atoms in total. The van der Waals surface area contributed by atoms with Crippen molar-refractivity contribution in [3.63, 3.8) is 0 Å². The Kier molecular flexibility index (Phi) is 6.52. The molecule has 0 amide bonds. The number of halogens is 1. The van der Waals surface area contributed by atoms with Crippen LogP contribution in [0.25, 0.3) is 10.9 Å². The maximum atomic E-state index is 13.5. The number of rotatable bonds is 6. The number of aromatic nitrogens is 1. The number of H-pyrrole nitrogens is 1. The molecule has 2 aromatic carbocycles. The van der Waals surface area contributed by atoms with Crippen LogP contribution in [-0.2, 0) is 6.42 Å². The zero-order valence-corrected chi connectivity index (χ0v) is 17.5. The van der Waals surface area contributed by atoms with Crippen LogP contribution in [-0.4, -0.2) is 43.7 Å². The van der Waals surface area contributed by atoms with Gasteiger partial charge in [-0.25, -0.2) is 4.39 Å². The Bertz CT molecular complexity index is 988. The van der Waals surface area contributed by atoms with Crippen LogP contribution in [0.2, 0.25) is 0 Å². The molecular formula is C24H30FN5. The van der Waals surface area contributed by atoms with Gasteiger partial charge in [0.05, 0.1) is 0 Å². The summed E-state index contributed by atoms with van der Waals surface area (Å²) in [5, 5.41) is 8.30. The fraction of sp³-hybridized carbons (Fsp3) is 0.375. The number of hydrogen-bond acceptors (Lipinski definition) is 2. The monoisotopic (exact) mass is 407 g/mol. The number of piperidine rings is 1. The van der Waals surface area contributed by atoms with Crippen molar-refractivity contribution in [3.8, 4) is 0 Å². The molecule has 6 heteroatoms. The van der Waals surface area contributed by atoms with Crippen molar-refractivity contribution < 1.29 is 4.39 Å². The van der Waals surface area contributed by atoms with Gasteiger partial charge >= 0.3 is 0 Å². The van der Waals surface area contributed by atoms with Crippen LogP contribution in [0.5, 0.6) is 0 Å².